The number of nitrogens with two attached hydrogens (primary N) is 1. The van der Waals surface area contributed by atoms with Crippen LogP contribution < -0.4 is 5.73 Å². The summed E-state index contributed by atoms with van der Waals surface area (Å²) in [5.74, 6) is 1.45. The number of hydrogen-bond acceptors (Lipinski definition) is 6. The Kier molecular flexibility index (Phi) is 4.78. The van der Waals surface area contributed by atoms with Crippen LogP contribution in [0.5, 0.6) is 0 Å². The third-order valence-electron chi connectivity index (χ3n) is 4.55. The molecule has 1 saturated heterocycles. The monoisotopic (exact) mass is 281 g/mol. The van der Waals surface area contributed by atoms with Crippen molar-refractivity contribution in [1.29, 1.82) is 0 Å². The van der Waals surface area contributed by atoms with Gasteiger partial charge in [0.1, 0.15) is 0 Å². The molecule has 20 heavy (non-hydrogen) atoms. The Morgan fingerprint density at radius 3 is 2.80 bits per heavy atom. The van der Waals surface area contributed by atoms with Crippen LogP contribution in [-0.2, 0) is 5.41 Å². The zero-order chi connectivity index (χ0) is 14.8. The van der Waals surface area contributed by atoms with Gasteiger partial charge < -0.3 is 15.2 Å². The highest BCUT2D eigenvalue weighted by atomic mass is 16.5. The van der Waals surface area contributed by atoms with Crippen molar-refractivity contribution >= 4 is 0 Å². The Balaban J connectivity index is 2.22. The third-order valence-corrected chi connectivity index (χ3v) is 4.55. The van der Waals surface area contributed by atoms with Crippen LogP contribution in [0.2, 0.25) is 0 Å². The van der Waals surface area contributed by atoms with E-state index in [0.29, 0.717) is 12.4 Å². The molecule has 0 bridgehead atoms. The average Bonchev–Trinajstić information content (AvgIpc) is 2.87. The van der Waals surface area contributed by atoms with E-state index in [2.05, 4.69) is 47.9 Å². The van der Waals surface area contributed by atoms with Gasteiger partial charge >= 0.3 is 0 Å². The topological polar surface area (TPSA) is 71.4 Å². The molecule has 114 valence electrons. The summed E-state index contributed by atoms with van der Waals surface area (Å²) in [5.41, 5.74) is 5.64. The molecular formula is C14H27N5O. The van der Waals surface area contributed by atoms with E-state index in [1.807, 2.05) is 0 Å². The molecule has 6 nitrogen and oxygen atoms in total. The highest BCUT2D eigenvalue weighted by molar-refractivity contribution is 5.06. The van der Waals surface area contributed by atoms with Gasteiger partial charge in [-0.2, -0.15) is 4.98 Å². The van der Waals surface area contributed by atoms with E-state index in [4.69, 9.17) is 10.3 Å². The molecule has 1 fully saturated rings. The van der Waals surface area contributed by atoms with E-state index in [1.165, 1.54) is 6.42 Å². The minimum absolute atomic E-state index is 0.193. The van der Waals surface area contributed by atoms with Crippen molar-refractivity contribution in [3.63, 3.8) is 0 Å². The molecule has 0 aliphatic carbocycles. The van der Waals surface area contributed by atoms with E-state index >= 15 is 0 Å². The SMILES string of the molecule is CCC(C)(CN)c1nc(C2CN(C)CCCN2C)no1. The van der Waals surface area contributed by atoms with Crippen LogP contribution in [0.15, 0.2) is 4.52 Å². The summed E-state index contributed by atoms with van der Waals surface area (Å²) < 4.78 is 5.50. The van der Waals surface area contributed by atoms with Crippen LogP contribution in [0.3, 0.4) is 0 Å². The van der Waals surface area contributed by atoms with Crippen molar-refractivity contribution < 1.29 is 4.52 Å². The Labute approximate surface area is 121 Å². The predicted molar refractivity (Wildman–Crippen MR) is 78.5 cm³/mol. The molecule has 1 aromatic heterocycles. The molecule has 0 aromatic carbocycles. The summed E-state index contributed by atoms with van der Waals surface area (Å²) in [6.07, 6.45) is 2.06. The summed E-state index contributed by atoms with van der Waals surface area (Å²) in [6, 6.07) is 0.193. The Morgan fingerprint density at radius 2 is 2.15 bits per heavy atom. The molecular weight excluding hydrogens is 254 g/mol. The van der Waals surface area contributed by atoms with Gasteiger partial charge in [-0.15, -0.1) is 0 Å². The van der Waals surface area contributed by atoms with Gasteiger partial charge in [-0.25, -0.2) is 0 Å². The number of nitrogens with zero attached hydrogens (tertiary/aromatic N) is 4. The minimum Gasteiger partial charge on any atom is -0.339 e. The molecule has 1 aliphatic heterocycles. The van der Waals surface area contributed by atoms with Crippen molar-refractivity contribution in [2.45, 2.75) is 38.1 Å². The van der Waals surface area contributed by atoms with Gasteiger partial charge in [-0.1, -0.05) is 12.1 Å². The number of hydrogen-bond donors (Lipinski definition) is 1. The van der Waals surface area contributed by atoms with Crippen LogP contribution in [0.25, 0.3) is 0 Å². The highest BCUT2D eigenvalue weighted by Crippen LogP contribution is 2.27. The summed E-state index contributed by atoms with van der Waals surface area (Å²) in [5, 5.41) is 4.22. The molecule has 2 heterocycles. The molecule has 0 spiro atoms. The fourth-order valence-electron chi connectivity index (χ4n) is 2.55. The first kappa shape index (κ1) is 15.4. The molecule has 2 N–H and O–H groups in total. The standard InChI is InChI=1S/C14H27N5O/c1-5-14(2,10-15)13-16-12(17-20-13)11-9-18(3)7-6-8-19(11)4/h11H,5-10,15H2,1-4H3. The molecule has 0 radical (unpaired) electrons. The Bertz CT molecular complexity index is 429. The van der Waals surface area contributed by atoms with Crippen LogP contribution in [0, 0.1) is 0 Å². The first-order chi connectivity index (χ1) is 9.50. The lowest BCUT2D eigenvalue weighted by molar-refractivity contribution is 0.213. The fourth-order valence-corrected chi connectivity index (χ4v) is 2.55. The molecule has 0 amide bonds. The van der Waals surface area contributed by atoms with Crippen molar-refractivity contribution in [2.24, 2.45) is 5.73 Å². The van der Waals surface area contributed by atoms with Gasteiger partial charge in [0.15, 0.2) is 5.82 Å². The molecule has 1 aliphatic rings. The van der Waals surface area contributed by atoms with Gasteiger partial charge in [0, 0.05) is 13.1 Å². The van der Waals surface area contributed by atoms with Gasteiger partial charge in [0.25, 0.3) is 0 Å². The van der Waals surface area contributed by atoms with Crippen molar-refractivity contribution in [3.8, 4) is 0 Å². The first-order valence-electron chi connectivity index (χ1n) is 7.43. The molecule has 0 saturated carbocycles. The maximum Gasteiger partial charge on any atom is 0.233 e. The van der Waals surface area contributed by atoms with E-state index in [1.54, 1.807) is 0 Å². The van der Waals surface area contributed by atoms with Crippen LogP contribution in [0.4, 0.5) is 0 Å². The second-order valence-electron chi connectivity index (χ2n) is 6.19. The van der Waals surface area contributed by atoms with Gasteiger partial charge in [0.05, 0.1) is 11.5 Å². The smallest absolute Gasteiger partial charge is 0.233 e. The van der Waals surface area contributed by atoms with Crippen molar-refractivity contribution in [2.75, 3.05) is 40.3 Å². The molecule has 6 heteroatoms. The second-order valence-corrected chi connectivity index (χ2v) is 6.19. The largest absolute Gasteiger partial charge is 0.339 e. The van der Waals surface area contributed by atoms with Crippen molar-refractivity contribution in [1.82, 2.24) is 19.9 Å². The van der Waals surface area contributed by atoms with Crippen LogP contribution >= 0.6 is 0 Å². The summed E-state index contributed by atoms with van der Waals surface area (Å²) >= 11 is 0. The van der Waals surface area contributed by atoms with Gasteiger partial charge in [-0.3, -0.25) is 4.90 Å². The molecule has 2 unspecified atom stereocenters. The lowest BCUT2D eigenvalue weighted by atomic mass is 9.88. The molecule has 1 aromatic rings. The highest BCUT2D eigenvalue weighted by Gasteiger charge is 2.32. The lowest BCUT2D eigenvalue weighted by Gasteiger charge is -2.24. The average molecular weight is 281 g/mol. The number of aromatic nitrogens is 2. The number of rotatable bonds is 4. The zero-order valence-electron chi connectivity index (χ0n) is 13.1. The first-order valence-corrected chi connectivity index (χ1v) is 7.43. The zero-order valence-corrected chi connectivity index (χ0v) is 13.1. The maximum absolute atomic E-state index is 5.87. The lowest BCUT2D eigenvalue weighted by Crippen LogP contribution is -2.33. The summed E-state index contributed by atoms with van der Waals surface area (Å²) in [4.78, 5) is 9.28. The van der Waals surface area contributed by atoms with Crippen molar-refractivity contribution in [3.05, 3.63) is 11.7 Å². The maximum atomic E-state index is 5.87. The van der Waals surface area contributed by atoms with Crippen LogP contribution in [-0.4, -0.2) is 60.2 Å². The molecule has 2 rings (SSSR count). The quantitative estimate of drug-likeness (QED) is 0.888. The summed E-state index contributed by atoms with van der Waals surface area (Å²) in [7, 11) is 4.27. The van der Waals surface area contributed by atoms with Gasteiger partial charge in [-0.05, 0) is 47.0 Å². The van der Waals surface area contributed by atoms with E-state index in [9.17, 15) is 0 Å². The Morgan fingerprint density at radius 1 is 1.40 bits per heavy atom. The van der Waals surface area contributed by atoms with Crippen LogP contribution in [0.1, 0.15) is 44.4 Å². The molecule has 2 atom stereocenters. The fraction of sp³-hybridized carbons (Fsp3) is 0.857. The third kappa shape index (κ3) is 3.02. The predicted octanol–water partition coefficient (Wildman–Crippen LogP) is 1.00. The van der Waals surface area contributed by atoms with Gasteiger partial charge in [0.2, 0.25) is 5.89 Å². The Hall–Kier alpha value is -0.980. The normalized spacial score (nSPS) is 25.4. The van der Waals surface area contributed by atoms with E-state index in [0.717, 1.165) is 31.9 Å². The number of likely N-dealkylation sites (N-methyl/N-ethyl adjacent to an activating group) is 2. The van der Waals surface area contributed by atoms with E-state index < -0.39 is 0 Å². The minimum atomic E-state index is -0.222. The second kappa shape index (κ2) is 6.20. The van der Waals surface area contributed by atoms with E-state index in [-0.39, 0.29) is 11.5 Å². The summed E-state index contributed by atoms with van der Waals surface area (Å²) in [6.45, 7) is 7.80.